The van der Waals surface area contributed by atoms with Crippen molar-refractivity contribution in [2.75, 3.05) is 6.61 Å². The molecule has 0 aliphatic rings. The first-order chi connectivity index (χ1) is 14.2. The molecule has 30 heavy (non-hydrogen) atoms. The molecule has 2 aromatic carbocycles. The summed E-state index contributed by atoms with van der Waals surface area (Å²) in [7, 11) is 0. The molecule has 0 atom stereocenters. The second-order valence-corrected chi connectivity index (χ2v) is 7.59. The summed E-state index contributed by atoms with van der Waals surface area (Å²) in [5.74, 6) is 0.319. The molecule has 0 spiro atoms. The van der Waals surface area contributed by atoms with Gasteiger partial charge in [0.15, 0.2) is 11.7 Å². The molecule has 0 aliphatic heterocycles. The van der Waals surface area contributed by atoms with Gasteiger partial charge in [0.05, 0.1) is 6.10 Å². The van der Waals surface area contributed by atoms with Crippen molar-refractivity contribution < 1.29 is 19.1 Å². The lowest BCUT2D eigenvalue weighted by Crippen LogP contribution is -2.49. The molecular weight excluding hydrogens is 426 g/mol. The van der Waals surface area contributed by atoms with Gasteiger partial charge in [-0.25, -0.2) is 0 Å². The maximum absolute atomic E-state index is 12.2. The Balaban J connectivity index is 1.77. The first kappa shape index (κ1) is 23.4. The molecule has 0 bridgehead atoms. The van der Waals surface area contributed by atoms with E-state index in [0.29, 0.717) is 22.1 Å². The van der Waals surface area contributed by atoms with E-state index in [0.717, 1.165) is 11.1 Å². The number of benzene rings is 2. The van der Waals surface area contributed by atoms with E-state index in [-0.39, 0.29) is 17.8 Å². The van der Waals surface area contributed by atoms with Crippen LogP contribution in [0.4, 0.5) is 0 Å². The van der Waals surface area contributed by atoms with Gasteiger partial charge >= 0.3 is 0 Å². The van der Waals surface area contributed by atoms with E-state index in [1.54, 1.807) is 36.4 Å². The van der Waals surface area contributed by atoms with Crippen LogP contribution in [0, 0.1) is 13.8 Å². The number of halogens is 1. The van der Waals surface area contributed by atoms with E-state index in [1.807, 2.05) is 27.7 Å². The van der Waals surface area contributed by atoms with Crippen LogP contribution >= 0.6 is 23.8 Å². The highest BCUT2D eigenvalue weighted by Gasteiger charge is 2.10. The Morgan fingerprint density at radius 2 is 1.63 bits per heavy atom. The van der Waals surface area contributed by atoms with Crippen molar-refractivity contribution in [3.05, 3.63) is 58.1 Å². The predicted molar refractivity (Wildman–Crippen MR) is 120 cm³/mol. The van der Waals surface area contributed by atoms with Crippen LogP contribution in [0.25, 0.3) is 0 Å². The summed E-state index contributed by atoms with van der Waals surface area (Å²) in [5, 5.41) is 3.09. The zero-order chi connectivity index (χ0) is 22.3. The van der Waals surface area contributed by atoms with Gasteiger partial charge in [-0.05, 0) is 87.4 Å². The van der Waals surface area contributed by atoms with Crippen molar-refractivity contribution in [3.63, 3.8) is 0 Å². The number of aryl methyl sites for hydroxylation is 2. The van der Waals surface area contributed by atoms with E-state index in [2.05, 4.69) is 16.2 Å². The van der Waals surface area contributed by atoms with Crippen LogP contribution in [0.2, 0.25) is 5.02 Å². The Morgan fingerprint density at radius 1 is 1.03 bits per heavy atom. The molecule has 3 N–H and O–H groups in total. The summed E-state index contributed by atoms with van der Waals surface area (Å²) in [6.07, 6.45) is 0.0433. The Bertz CT molecular complexity index is 909. The van der Waals surface area contributed by atoms with E-state index >= 15 is 0 Å². The fourth-order valence-electron chi connectivity index (χ4n) is 2.46. The maximum Gasteiger partial charge on any atom is 0.276 e. The Labute approximate surface area is 186 Å². The predicted octanol–water partition coefficient (Wildman–Crippen LogP) is 3.46. The molecule has 0 heterocycles. The highest BCUT2D eigenvalue weighted by molar-refractivity contribution is 7.80. The number of amides is 2. The maximum atomic E-state index is 12.2. The van der Waals surface area contributed by atoms with Gasteiger partial charge in [-0.1, -0.05) is 11.6 Å². The molecule has 0 unspecified atom stereocenters. The number of ether oxygens (including phenoxy) is 2. The molecule has 7 nitrogen and oxygen atoms in total. The van der Waals surface area contributed by atoms with Gasteiger partial charge in [-0.3, -0.25) is 25.8 Å². The van der Waals surface area contributed by atoms with Crippen LogP contribution in [0.15, 0.2) is 36.4 Å². The molecule has 2 aromatic rings. The topological polar surface area (TPSA) is 88.7 Å². The SMILES string of the molecule is Cc1cc(OCC(=O)NNC(=S)NC(=O)c2ccc(OC(C)C)cc2)cc(C)c1Cl. The minimum Gasteiger partial charge on any atom is -0.491 e. The fourth-order valence-corrected chi connectivity index (χ4v) is 2.72. The summed E-state index contributed by atoms with van der Waals surface area (Å²) in [5.41, 5.74) is 6.95. The smallest absolute Gasteiger partial charge is 0.276 e. The minimum atomic E-state index is -0.466. The first-order valence-electron chi connectivity index (χ1n) is 9.22. The second kappa shape index (κ2) is 10.8. The van der Waals surface area contributed by atoms with E-state index < -0.39 is 11.8 Å². The molecule has 0 aliphatic carbocycles. The first-order valence-corrected chi connectivity index (χ1v) is 10.0. The highest BCUT2D eigenvalue weighted by atomic mass is 35.5. The third-order valence-corrected chi connectivity index (χ3v) is 4.61. The van der Waals surface area contributed by atoms with Crippen LogP contribution in [0.1, 0.15) is 35.3 Å². The summed E-state index contributed by atoms with van der Waals surface area (Å²) in [6, 6.07) is 10.1. The van der Waals surface area contributed by atoms with E-state index in [9.17, 15) is 9.59 Å². The largest absolute Gasteiger partial charge is 0.491 e. The second-order valence-electron chi connectivity index (χ2n) is 6.81. The molecule has 160 valence electrons. The minimum absolute atomic E-state index is 0.0433. The zero-order valence-corrected chi connectivity index (χ0v) is 18.7. The van der Waals surface area contributed by atoms with Gasteiger partial charge in [0, 0.05) is 10.6 Å². The summed E-state index contributed by atoms with van der Waals surface area (Å²) >= 11 is 11.1. The number of hydrazine groups is 1. The quantitative estimate of drug-likeness (QED) is 0.462. The van der Waals surface area contributed by atoms with E-state index in [4.69, 9.17) is 33.3 Å². The van der Waals surface area contributed by atoms with Gasteiger partial charge in [0.2, 0.25) is 0 Å². The lowest BCUT2D eigenvalue weighted by atomic mass is 10.1. The van der Waals surface area contributed by atoms with Crippen molar-refractivity contribution >= 4 is 40.7 Å². The Kier molecular flexibility index (Phi) is 8.44. The van der Waals surface area contributed by atoms with Crippen molar-refractivity contribution in [1.29, 1.82) is 0 Å². The van der Waals surface area contributed by atoms with Crippen molar-refractivity contribution in [2.24, 2.45) is 0 Å². The third-order valence-electron chi connectivity index (χ3n) is 3.81. The van der Waals surface area contributed by atoms with Crippen LogP contribution in [0.3, 0.4) is 0 Å². The highest BCUT2D eigenvalue weighted by Crippen LogP contribution is 2.25. The van der Waals surface area contributed by atoms with Gasteiger partial charge in [0.25, 0.3) is 11.8 Å². The summed E-state index contributed by atoms with van der Waals surface area (Å²) < 4.78 is 11.0. The molecule has 2 amide bonds. The van der Waals surface area contributed by atoms with Crippen LogP contribution in [-0.2, 0) is 4.79 Å². The van der Waals surface area contributed by atoms with Gasteiger partial charge < -0.3 is 9.47 Å². The molecular formula is C21H24ClN3O4S. The number of rotatable bonds is 6. The van der Waals surface area contributed by atoms with Crippen LogP contribution < -0.4 is 25.6 Å². The van der Waals surface area contributed by atoms with Gasteiger partial charge in [-0.15, -0.1) is 0 Å². The van der Waals surface area contributed by atoms with Crippen molar-refractivity contribution in [3.8, 4) is 11.5 Å². The third kappa shape index (κ3) is 7.20. The number of carbonyl (C=O) groups is 2. The lowest BCUT2D eigenvalue weighted by molar-refractivity contribution is -0.123. The van der Waals surface area contributed by atoms with Crippen molar-refractivity contribution in [1.82, 2.24) is 16.2 Å². The monoisotopic (exact) mass is 449 g/mol. The summed E-state index contributed by atoms with van der Waals surface area (Å²) in [6.45, 7) is 7.32. The zero-order valence-electron chi connectivity index (χ0n) is 17.2. The standard InChI is InChI=1S/C21H24ClN3O4S/c1-12(2)29-16-7-5-15(6-8-16)20(27)23-21(30)25-24-18(26)11-28-17-9-13(3)19(22)14(4)10-17/h5-10,12H,11H2,1-4H3,(H,24,26)(H2,23,25,27,30). The molecule has 0 aromatic heterocycles. The van der Waals surface area contributed by atoms with Crippen LogP contribution in [-0.4, -0.2) is 29.6 Å². The molecule has 0 saturated carbocycles. The van der Waals surface area contributed by atoms with Crippen LogP contribution in [0.5, 0.6) is 11.5 Å². The fraction of sp³-hybridized carbons (Fsp3) is 0.286. The van der Waals surface area contributed by atoms with Gasteiger partial charge in [-0.2, -0.15) is 0 Å². The molecule has 0 radical (unpaired) electrons. The lowest BCUT2D eigenvalue weighted by Gasteiger charge is -2.13. The number of nitrogens with one attached hydrogen (secondary N) is 3. The normalized spacial score (nSPS) is 10.3. The Morgan fingerprint density at radius 3 is 2.20 bits per heavy atom. The molecule has 9 heteroatoms. The van der Waals surface area contributed by atoms with Gasteiger partial charge in [0.1, 0.15) is 11.5 Å². The van der Waals surface area contributed by atoms with E-state index in [1.165, 1.54) is 0 Å². The van der Waals surface area contributed by atoms with Crippen molar-refractivity contribution in [2.45, 2.75) is 33.8 Å². The molecule has 2 rings (SSSR count). The summed E-state index contributed by atoms with van der Waals surface area (Å²) in [4.78, 5) is 24.1. The average molecular weight is 450 g/mol. The number of carbonyl (C=O) groups excluding carboxylic acids is 2. The molecule has 0 saturated heterocycles. The molecule has 0 fully saturated rings. The average Bonchev–Trinajstić information content (AvgIpc) is 2.68. The number of hydrogen-bond acceptors (Lipinski definition) is 5. The number of hydrogen-bond donors (Lipinski definition) is 3. The Hall–Kier alpha value is -2.84. The number of thiocarbonyl (C=S) groups is 1.